The zero-order chi connectivity index (χ0) is 10.1. The largest absolute Gasteiger partial charge is 0.461 e. The summed E-state index contributed by atoms with van der Waals surface area (Å²) in [5.41, 5.74) is 0.314. The molecule has 0 N–H and O–H groups in total. The Hall–Kier alpha value is -1.57. The highest BCUT2D eigenvalue weighted by atomic mass is 16.3. The van der Waals surface area contributed by atoms with Gasteiger partial charge in [-0.1, -0.05) is 19.1 Å². The van der Waals surface area contributed by atoms with Crippen LogP contribution in [-0.4, -0.2) is 0 Å². The van der Waals surface area contributed by atoms with Crippen molar-refractivity contribution in [1.82, 2.24) is 0 Å². The first kappa shape index (κ1) is 6.89. The molecule has 13 heavy (non-hydrogen) atoms. The van der Waals surface area contributed by atoms with Crippen molar-refractivity contribution >= 4 is 11.0 Å². The summed E-state index contributed by atoms with van der Waals surface area (Å²) in [6, 6.07) is 6.73. The zero-order valence-corrected chi connectivity index (χ0v) is 7.33. The molecule has 0 fully saturated rings. The SMILES string of the molecule is [2H]c1cccc2c(=O)cc(CC)oc12. The van der Waals surface area contributed by atoms with Crippen LogP contribution >= 0.6 is 0 Å². The molecule has 0 aliphatic rings. The Balaban J connectivity index is 2.91. The van der Waals surface area contributed by atoms with Crippen LogP contribution in [0.1, 0.15) is 14.1 Å². The lowest BCUT2D eigenvalue weighted by Gasteiger charge is -1.98. The highest BCUT2D eigenvalue weighted by Crippen LogP contribution is 2.11. The lowest BCUT2D eigenvalue weighted by molar-refractivity contribution is 0.543. The summed E-state index contributed by atoms with van der Waals surface area (Å²) < 4.78 is 13.0. The Bertz CT molecular complexity index is 528. The molecule has 66 valence electrons. The van der Waals surface area contributed by atoms with Crippen LogP contribution < -0.4 is 5.43 Å². The summed E-state index contributed by atoms with van der Waals surface area (Å²) in [5.74, 6) is 0.627. The molecule has 0 aliphatic carbocycles. The van der Waals surface area contributed by atoms with Gasteiger partial charge in [0.25, 0.3) is 0 Å². The van der Waals surface area contributed by atoms with E-state index in [0.29, 0.717) is 23.2 Å². The van der Waals surface area contributed by atoms with Crippen molar-refractivity contribution in [1.29, 1.82) is 0 Å². The normalized spacial score (nSPS) is 11.6. The van der Waals surface area contributed by atoms with Crippen LogP contribution in [0.5, 0.6) is 0 Å². The van der Waals surface area contributed by atoms with E-state index in [2.05, 4.69) is 0 Å². The van der Waals surface area contributed by atoms with E-state index in [4.69, 9.17) is 5.79 Å². The van der Waals surface area contributed by atoms with Gasteiger partial charge in [0.05, 0.1) is 6.76 Å². The highest BCUT2D eigenvalue weighted by molar-refractivity contribution is 5.76. The molecule has 1 heterocycles. The van der Waals surface area contributed by atoms with Crippen LogP contribution in [0.25, 0.3) is 11.0 Å². The first-order valence-electron chi connectivity index (χ1n) is 4.74. The van der Waals surface area contributed by atoms with Crippen LogP contribution in [-0.2, 0) is 6.42 Å². The summed E-state index contributed by atoms with van der Waals surface area (Å²) in [6.45, 7) is 1.91. The van der Waals surface area contributed by atoms with E-state index < -0.39 is 0 Å². The minimum Gasteiger partial charge on any atom is -0.461 e. The molecular formula is C11H10O2. The number of hydrogen-bond donors (Lipinski definition) is 0. The molecule has 2 nitrogen and oxygen atoms in total. The molecule has 0 spiro atoms. The van der Waals surface area contributed by atoms with Crippen molar-refractivity contribution < 1.29 is 5.79 Å². The van der Waals surface area contributed by atoms with Crippen molar-refractivity contribution in [2.24, 2.45) is 0 Å². The van der Waals surface area contributed by atoms with Crippen LogP contribution in [0.3, 0.4) is 0 Å². The summed E-state index contributed by atoms with van der Waals surface area (Å²) in [4.78, 5) is 11.6. The lowest BCUT2D eigenvalue weighted by atomic mass is 10.2. The van der Waals surface area contributed by atoms with Gasteiger partial charge in [0.15, 0.2) is 5.43 Å². The highest BCUT2D eigenvalue weighted by Gasteiger charge is 2.01. The predicted molar refractivity (Wildman–Crippen MR) is 51.9 cm³/mol. The molecule has 0 saturated heterocycles. The Morgan fingerprint density at radius 3 is 3.15 bits per heavy atom. The van der Waals surface area contributed by atoms with Gasteiger partial charge < -0.3 is 4.42 Å². The molecule has 0 radical (unpaired) electrons. The van der Waals surface area contributed by atoms with Crippen molar-refractivity contribution in [2.45, 2.75) is 13.3 Å². The molecule has 1 aromatic carbocycles. The average molecular weight is 175 g/mol. The Morgan fingerprint density at radius 2 is 2.38 bits per heavy atom. The van der Waals surface area contributed by atoms with Crippen LogP contribution in [0.15, 0.2) is 39.5 Å². The second kappa shape index (κ2) is 3.05. The maximum absolute atomic E-state index is 11.6. The summed E-state index contributed by atoms with van der Waals surface area (Å²) >= 11 is 0. The van der Waals surface area contributed by atoms with Crippen LogP contribution in [0.4, 0.5) is 0 Å². The molecular weight excluding hydrogens is 164 g/mol. The first-order chi connectivity index (χ1) is 6.72. The predicted octanol–water partition coefficient (Wildman–Crippen LogP) is 2.36. The Labute approximate surface area is 77.2 Å². The summed E-state index contributed by atoms with van der Waals surface area (Å²) in [7, 11) is 0. The fourth-order valence-corrected chi connectivity index (χ4v) is 1.26. The smallest absolute Gasteiger partial charge is 0.192 e. The number of fused-ring (bicyclic) bond motifs is 1. The number of aryl methyl sites for hydroxylation is 1. The standard InChI is InChI=1S/C11H10O2/c1-2-8-7-10(12)9-5-3-4-6-11(9)13-8/h3-7H,2H2,1H3/i6D. The quantitative estimate of drug-likeness (QED) is 0.666. The third kappa shape index (κ3) is 1.35. The van der Waals surface area contributed by atoms with Crippen molar-refractivity contribution in [3.05, 3.63) is 46.3 Å². The number of benzene rings is 1. The number of hydrogen-bond acceptors (Lipinski definition) is 2. The molecule has 1 aromatic heterocycles. The van der Waals surface area contributed by atoms with E-state index >= 15 is 0 Å². The molecule has 0 unspecified atom stereocenters. The molecule has 2 aromatic rings. The van der Waals surface area contributed by atoms with Gasteiger partial charge in [0.1, 0.15) is 11.3 Å². The van der Waals surface area contributed by atoms with Crippen molar-refractivity contribution in [3.8, 4) is 0 Å². The lowest BCUT2D eigenvalue weighted by Crippen LogP contribution is -2.00. The molecule has 0 saturated carbocycles. The molecule has 2 heteroatoms. The average Bonchev–Trinajstić information content (AvgIpc) is 2.19. The molecule has 0 aliphatic heterocycles. The van der Waals surface area contributed by atoms with Crippen molar-refractivity contribution in [3.63, 3.8) is 0 Å². The van der Waals surface area contributed by atoms with E-state index in [0.717, 1.165) is 0 Å². The maximum atomic E-state index is 11.6. The fourth-order valence-electron chi connectivity index (χ4n) is 1.26. The van der Waals surface area contributed by atoms with Gasteiger partial charge in [0, 0.05) is 12.5 Å². The third-order valence-corrected chi connectivity index (χ3v) is 1.96. The van der Waals surface area contributed by atoms with Crippen LogP contribution in [0, 0.1) is 0 Å². The van der Waals surface area contributed by atoms with Gasteiger partial charge in [-0.05, 0) is 12.1 Å². The minimum absolute atomic E-state index is 0.0720. The third-order valence-electron chi connectivity index (χ3n) is 1.96. The molecule has 2 rings (SSSR count). The summed E-state index contributed by atoms with van der Waals surface area (Å²) in [6.07, 6.45) is 0.666. The molecule has 0 amide bonds. The minimum atomic E-state index is -0.0720. The zero-order valence-electron chi connectivity index (χ0n) is 8.33. The number of para-hydroxylation sites is 1. The van der Waals surface area contributed by atoms with Gasteiger partial charge in [-0.3, -0.25) is 4.79 Å². The van der Waals surface area contributed by atoms with E-state index in [1.807, 2.05) is 6.92 Å². The Kier molecular flexibility index (Phi) is 1.62. The van der Waals surface area contributed by atoms with Gasteiger partial charge in [0.2, 0.25) is 0 Å². The Morgan fingerprint density at radius 1 is 1.54 bits per heavy atom. The van der Waals surface area contributed by atoms with Crippen LogP contribution in [0.2, 0.25) is 0 Å². The first-order valence-corrected chi connectivity index (χ1v) is 4.24. The van der Waals surface area contributed by atoms with Crippen molar-refractivity contribution in [2.75, 3.05) is 0 Å². The monoisotopic (exact) mass is 175 g/mol. The van der Waals surface area contributed by atoms with E-state index in [1.54, 1.807) is 18.2 Å². The van der Waals surface area contributed by atoms with Gasteiger partial charge in [-0.15, -0.1) is 0 Å². The molecule has 0 atom stereocenters. The van der Waals surface area contributed by atoms with Gasteiger partial charge in [-0.2, -0.15) is 0 Å². The van der Waals surface area contributed by atoms with Gasteiger partial charge >= 0.3 is 0 Å². The van der Waals surface area contributed by atoms with E-state index in [-0.39, 0.29) is 11.5 Å². The maximum Gasteiger partial charge on any atom is 0.192 e. The van der Waals surface area contributed by atoms with E-state index in [9.17, 15) is 4.79 Å². The topological polar surface area (TPSA) is 30.2 Å². The molecule has 0 bridgehead atoms. The second-order valence-electron chi connectivity index (χ2n) is 2.84. The second-order valence-corrected chi connectivity index (χ2v) is 2.84. The van der Waals surface area contributed by atoms with Gasteiger partial charge in [-0.25, -0.2) is 0 Å². The fraction of sp³-hybridized carbons (Fsp3) is 0.182. The number of rotatable bonds is 1. The summed E-state index contributed by atoms with van der Waals surface area (Å²) in [5, 5.41) is 0.481. The van der Waals surface area contributed by atoms with E-state index in [1.165, 1.54) is 6.07 Å².